The minimum atomic E-state index is 0.740. The fourth-order valence-corrected chi connectivity index (χ4v) is 3.56. The summed E-state index contributed by atoms with van der Waals surface area (Å²) in [6.45, 7) is 16.6. The predicted molar refractivity (Wildman–Crippen MR) is 80.9 cm³/mol. The summed E-state index contributed by atoms with van der Waals surface area (Å²) in [5.74, 6) is 2.60. The Morgan fingerprint density at radius 1 is 1.06 bits per heavy atom. The molecule has 1 saturated carbocycles. The molecule has 4 unspecified atom stereocenters. The van der Waals surface area contributed by atoms with Crippen LogP contribution in [0.15, 0.2) is 0 Å². The highest BCUT2D eigenvalue weighted by Gasteiger charge is 2.34. The van der Waals surface area contributed by atoms with E-state index in [1.165, 1.54) is 45.4 Å². The molecule has 1 N–H and O–H groups in total. The second-order valence-electron chi connectivity index (χ2n) is 6.26. The van der Waals surface area contributed by atoms with Crippen LogP contribution in [0.25, 0.3) is 0 Å². The lowest BCUT2D eigenvalue weighted by Crippen LogP contribution is -2.49. The minimum Gasteiger partial charge on any atom is -0.314 e. The lowest BCUT2D eigenvalue weighted by molar-refractivity contribution is 0.105. The third-order valence-electron chi connectivity index (χ3n) is 4.70. The van der Waals surface area contributed by atoms with E-state index in [0.717, 1.165) is 23.8 Å². The van der Waals surface area contributed by atoms with E-state index in [4.69, 9.17) is 0 Å². The molecule has 0 aliphatic heterocycles. The van der Waals surface area contributed by atoms with E-state index in [2.05, 4.69) is 44.8 Å². The standard InChI is InChI=1S/C16H34N2/c1-6-9-17-16-11-13(4)10-14(5)15(16)12-18(7-2)8-3/h13-17H,6-12H2,1-5H3. The van der Waals surface area contributed by atoms with Crippen molar-refractivity contribution in [1.82, 2.24) is 10.2 Å². The van der Waals surface area contributed by atoms with Crippen LogP contribution in [0.3, 0.4) is 0 Å². The van der Waals surface area contributed by atoms with Crippen LogP contribution >= 0.6 is 0 Å². The van der Waals surface area contributed by atoms with Gasteiger partial charge in [-0.1, -0.05) is 34.6 Å². The van der Waals surface area contributed by atoms with Crippen molar-refractivity contribution in [3.05, 3.63) is 0 Å². The summed E-state index contributed by atoms with van der Waals surface area (Å²) in [7, 11) is 0. The molecule has 0 spiro atoms. The second kappa shape index (κ2) is 8.16. The predicted octanol–water partition coefficient (Wildman–Crippen LogP) is 3.38. The van der Waals surface area contributed by atoms with Gasteiger partial charge in [0.15, 0.2) is 0 Å². The molecular formula is C16H34N2. The van der Waals surface area contributed by atoms with Gasteiger partial charge in [-0.25, -0.2) is 0 Å². The Morgan fingerprint density at radius 3 is 2.28 bits per heavy atom. The molecule has 0 aromatic rings. The van der Waals surface area contributed by atoms with Crippen molar-refractivity contribution in [3.8, 4) is 0 Å². The Morgan fingerprint density at radius 2 is 1.72 bits per heavy atom. The normalized spacial score (nSPS) is 33.0. The van der Waals surface area contributed by atoms with Gasteiger partial charge in [0.25, 0.3) is 0 Å². The second-order valence-corrected chi connectivity index (χ2v) is 6.26. The average molecular weight is 254 g/mol. The zero-order valence-corrected chi connectivity index (χ0v) is 13.2. The van der Waals surface area contributed by atoms with E-state index >= 15 is 0 Å². The van der Waals surface area contributed by atoms with Gasteiger partial charge in [-0.05, 0) is 56.7 Å². The maximum atomic E-state index is 3.81. The maximum absolute atomic E-state index is 3.81. The first-order chi connectivity index (χ1) is 8.62. The van der Waals surface area contributed by atoms with Gasteiger partial charge in [-0.3, -0.25) is 0 Å². The highest BCUT2D eigenvalue weighted by Crippen LogP contribution is 2.34. The summed E-state index contributed by atoms with van der Waals surface area (Å²) in [4.78, 5) is 2.60. The molecule has 1 fully saturated rings. The summed E-state index contributed by atoms with van der Waals surface area (Å²) in [5.41, 5.74) is 0. The van der Waals surface area contributed by atoms with Crippen LogP contribution in [0.4, 0.5) is 0 Å². The van der Waals surface area contributed by atoms with Gasteiger partial charge in [-0.2, -0.15) is 0 Å². The molecule has 0 aromatic heterocycles. The van der Waals surface area contributed by atoms with E-state index in [-0.39, 0.29) is 0 Å². The summed E-state index contributed by atoms with van der Waals surface area (Å²) in [6.07, 6.45) is 4.03. The molecule has 0 amide bonds. The highest BCUT2D eigenvalue weighted by molar-refractivity contribution is 4.89. The largest absolute Gasteiger partial charge is 0.314 e. The van der Waals surface area contributed by atoms with E-state index in [1.807, 2.05) is 0 Å². The van der Waals surface area contributed by atoms with Crippen molar-refractivity contribution in [1.29, 1.82) is 0 Å². The monoisotopic (exact) mass is 254 g/mol. The number of hydrogen-bond acceptors (Lipinski definition) is 2. The van der Waals surface area contributed by atoms with Crippen LogP contribution in [0.1, 0.15) is 53.9 Å². The molecule has 2 nitrogen and oxygen atoms in total. The number of rotatable bonds is 7. The fraction of sp³-hybridized carbons (Fsp3) is 1.00. The first kappa shape index (κ1) is 16.0. The third kappa shape index (κ3) is 4.55. The van der Waals surface area contributed by atoms with Gasteiger partial charge in [-0.15, -0.1) is 0 Å². The molecule has 0 bridgehead atoms. The van der Waals surface area contributed by atoms with E-state index in [0.29, 0.717) is 0 Å². The lowest BCUT2D eigenvalue weighted by atomic mass is 9.72. The fourth-order valence-electron chi connectivity index (χ4n) is 3.56. The Bertz CT molecular complexity index is 213. The number of nitrogens with one attached hydrogen (secondary N) is 1. The molecule has 4 atom stereocenters. The summed E-state index contributed by atoms with van der Waals surface area (Å²) >= 11 is 0. The Labute approximate surface area is 115 Å². The zero-order valence-electron chi connectivity index (χ0n) is 13.2. The average Bonchev–Trinajstić information content (AvgIpc) is 2.35. The maximum Gasteiger partial charge on any atom is 0.0113 e. The van der Waals surface area contributed by atoms with E-state index < -0.39 is 0 Å². The molecule has 0 heterocycles. The highest BCUT2D eigenvalue weighted by atomic mass is 15.1. The van der Waals surface area contributed by atoms with Crippen molar-refractivity contribution in [2.24, 2.45) is 17.8 Å². The quantitative estimate of drug-likeness (QED) is 0.749. The van der Waals surface area contributed by atoms with Gasteiger partial charge < -0.3 is 10.2 Å². The molecular weight excluding hydrogens is 220 g/mol. The van der Waals surface area contributed by atoms with Gasteiger partial charge >= 0.3 is 0 Å². The molecule has 1 rings (SSSR count). The lowest BCUT2D eigenvalue weighted by Gasteiger charge is -2.42. The first-order valence-electron chi connectivity index (χ1n) is 8.07. The Balaban J connectivity index is 2.61. The van der Waals surface area contributed by atoms with Crippen LogP contribution < -0.4 is 5.32 Å². The number of nitrogens with zero attached hydrogens (tertiary/aromatic N) is 1. The Hall–Kier alpha value is -0.0800. The zero-order chi connectivity index (χ0) is 13.5. The van der Waals surface area contributed by atoms with Crippen LogP contribution in [0, 0.1) is 17.8 Å². The van der Waals surface area contributed by atoms with Crippen molar-refractivity contribution >= 4 is 0 Å². The van der Waals surface area contributed by atoms with Gasteiger partial charge in [0.1, 0.15) is 0 Å². The first-order valence-corrected chi connectivity index (χ1v) is 8.07. The molecule has 0 aromatic carbocycles. The Kier molecular flexibility index (Phi) is 7.25. The van der Waals surface area contributed by atoms with Gasteiger partial charge in [0.2, 0.25) is 0 Å². The topological polar surface area (TPSA) is 15.3 Å². The number of hydrogen-bond donors (Lipinski definition) is 1. The summed E-state index contributed by atoms with van der Waals surface area (Å²) in [5, 5.41) is 3.81. The molecule has 1 aliphatic carbocycles. The van der Waals surface area contributed by atoms with Crippen molar-refractivity contribution in [3.63, 3.8) is 0 Å². The molecule has 0 saturated heterocycles. The van der Waals surface area contributed by atoms with Crippen LogP contribution in [-0.2, 0) is 0 Å². The minimum absolute atomic E-state index is 0.740. The molecule has 2 heteroatoms. The third-order valence-corrected chi connectivity index (χ3v) is 4.70. The van der Waals surface area contributed by atoms with Gasteiger partial charge in [0, 0.05) is 12.6 Å². The van der Waals surface area contributed by atoms with Crippen molar-refractivity contribution < 1.29 is 0 Å². The summed E-state index contributed by atoms with van der Waals surface area (Å²) < 4.78 is 0. The molecule has 0 radical (unpaired) electrons. The van der Waals surface area contributed by atoms with Crippen molar-refractivity contribution in [2.45, 2.75) is 59.9 Å². The molecule has 108 valence electrons. The SMILES string of the molecule is CCCNC1CC(C)CC(C)C1CN(CC)CC. The molecule has 18 heavy (non-hydrogen) atoms. The van der Waals surface area contributed by atoms with E-state index in [1.54, 1.807) is 0 Å². The van der Waals surface area contributed by atoms with Crippen molar-refractivity contribution in [2.75, 3.05) is 26.2 Å². The van der Waals surface area contributed by atoms with Gasteiger partial charge in [0.05, 0.1) is 0 Å². The smallest absolute Gasteiger partial charge is 0.0113 e. The van der Waals surface area contributed by atoms with Crippen LogP contribution in [-0.4, -0.2) is 37.1 Å². The van der Waals surface area contributed by atoms with Crippen LogP contribution in [0.2, 0.25) is 0 Å². The van der Waals surface area contributed by atoms with E-state index in [9.17, 15) is 0 Å². The van der Waals surface area contributed by atoms with Crippen LogP contribution in [0.5, 0.6) is 0 Å². The summed E-state index contributed by atoms with van der Waals surface area (Å²) in [6, 6.07) is 0.740. The molecule has 1 aliphatic rings.